The van der Waals surface area contributed by atoms with Gasteiger partial charge in [0.25, 0.3) is 0 Å². The summed E-state index contributed by atoms with van der Waals surface area (Å²) in [6, 6.07) is 44.0. The van der Waals surface area contributed by atoms with Gasteiger partial charge in [-0.1, -0.05) is 123 Å². The smallest absolute Gasteiger partial charge is 0.0747 e. The molecule has 42 heavy (non-hydrogen) atoms. The molecule has 8 rings (SSSR count). The third-order valence-corrected chi connectivity index (χ3v) is 8.79. The van der Waals surface area contributed by atoms with Crippen LogP contribution in [0.5, 0.6) is 0 Å². The Labute approximate surface area is 245 Å². The van der Waals surface area contributed by atoms with E-state index in [1.165, 1.54) is 65.7 Å². The molecule has 6 aromatic carbocycles. The molecule has 0 bridgehead atoms. The molecule has 2 aromatic heterocycles. The summed E-state index contributed by atoms with van der Waals surface area (Å²) < 4.78 is 0. The van der Waals surface area contributed by atoms with E-state index in [-0.39, 0.29) is 0 Å². The van der Waals surface area contributed by atoms with Crippen LogP contribution in [0.3, 0.4) is 0 Å². The second kappa shape index (κ2) is 9.78. The summed E-state index contributed by atoms with van der Waals surface area (Å²) in [5.41, 5.74) is 11.8. The zero-order valence-corrected chi connectivity index (χ0v) is 23.9. The molecule has 0 saturated carbocycles. The number of benzene rings is 6. The summed E-state index contributed by atoms with van der Waals surface area (Å²) >= 11 is 0. The Bertz CT molecular complexity index is 2170. The average Bonchev–Trinajstić information content (AvgIpc) is 3.05. The van der Waals surface area contributed by atoms with Crippen LogP contribution in [0.25, 0.3) is 76.6 Å². The molecule has 0 atom stereocenters. The van der Waals surface area contributed by atoms with Gasteiger partial charge in [0.15, 0.2) is 0 Å². The van der Waals surface area contributed by atoms with E-state index in [2.05, 4.69) is 135 Å². The first-order valence-electron chi connectivity index (χ1n) is 14.9. The minimum Gasteiger partial charge on any atom is -0.247 e. The van der Waals surface area contributed by atoms with Crippen molar-refractivity contribution in [3.05, 3.63) is 132 Å². The molecule has 0 spiro atoms. The number of rotatable bonds is 4. The maximum Gasteiger partial charge on any atom is 0.0747 e. The molecule has 0 amide bonds. The van der Waals surface area contributed by atoms with Crippen molar-refractivity contribution in [1.29, 1.82) is 0 Å². The van der Waals surface area contributed by atoms with Gasteiger partial charge in [-0.3, -0.25) is 0 Å². The Morgan fingerprint density at radius 2 is 0.857 bits per heavy atom. The maximum absolute atomic E-state index is 5.19. The molecule has 200 valence electrons. The summed E-state index contributed by atoms with van der Waals surface area (Å²) in [6.07, 6.45) is 1.88. The van der Waals surface area contributed by atoms with Gasteiger partial charge in [-0.15, -0.1) is 0 Å². The largest absolute Gasteiger partial charge is 0.247 e. The van der Waals surface area contributed by atoms with Crippen molar-refractivity contribution in [1.82, 2.24) is 9.97 Å². The first-order chi connectivity index (χ1) is 20.8. The summed E-state index contributed by atoms with van der Waals surface area (Å²) in [5.74, 6) is 0. The minimum atomic E-state index is 0.942. The Kier molecular flexibility index (Phi) is 5.75. The highest BCUT2D eigenvalue weighted by Gasteiger charge is 2.20. The fraction of sp³-hybridized carbons (Fsp3) is 0.100. The highest BCUT2D eigenvalue weighted by molar-refractivity contribution is 6.21. The van der Waals surface area contributed by atoms with E-state index < -0.39 is 0 Å². The third-order valence-electron chi connectivity index (χ3n) is 8.79. The van der Waals surface area contributed by atoms with Gasteiger partial charge >= 0.3 is 0 Å². The second-order valence-corrected chi connectivity index (χ2v) is 11.1. The number of aromatic nitrogens is 2. The van der Waals surface area contributed by atoms with Crippen LogP contribution in [0, 0.1) is 0 Å². The van der Waals surface area contributed by atoms with Crippen molar-refractivity contribution in [2.45, 2.75) is 26.7 Å². The molecule has 0 aliphatic rings. The molecule has 0 aliphatic heterocycles. The number of fused-ring (bicyclic) bond motifs is 5. The van der Waals surface area contributed by atoms with Gasteiger partial charge in [-0.25, -0.2) is 9.97 Å². The van der Waals surface area contributed by atoms with Crippen LogP contribution in [-0.2, 0) is 12.8 Å². The van der Waals surface area contributed by atoms with Crippen LogP contribution in [0.15, 0.2) is 121 Å². The second-order valence-electron chi connectivity index (χ2n) is 11.1. The molecular formula is C40H30N2. The highest BCUT2D eigenvalue weighted by atomic mass is 14.7. The third kappa shape index (κ3) is 3.65. The van der Waals surface area contributed by atoms with Crippen LogP contribution >= 0.6 is 0 Å². The maximum atomic E-state index is 5.19. The molecule has 8 aromatic rings. The van der Waals surface area contributed by atoms with E-state index in [1.807, 2.05) is 0 Å². The number of hydrogen-bond donors (Lipinski definition) is 0. The normalized spacial score (nSPS) is 11.8. The van der Waals surface area contributed by atoms with Gasteiger partial charge in [0.2, 0.25) is 0 Å². The van der Waals surface area contributed by atoms with Crippen LogP contribution in [-0.4, -0.2) is 9.97 Å². The molecule has 0 N–H and O–H groups in total. The number of aryl methyl sites for hydroxylation is 2. The quantitative estimate of drug-likeness (QED) is 0.208. The first kappa shape index (κ1) is 24.7. The van der Waals surface area contributed by atoms with E-state index >= 15 is 0 Å². The van der Waals surface area contributed by atoms with E-state index in [1.54, 1.807) is 0 Å². The van der Waals surface area contributed by atoms with Crippen LogP contribution < -0.4 is 0 Å². The Morgan fingerprint density at radius 3 is 1.33 bits per heavy atom. The molecule has 0 fully saturated rings. The fourth-order valence-corrected chi connectivity index (χ4v) is 6.85. The number of nitrogens with zero attached hydrogens (tertiary/aromatic N) is 2. The van der Waals surface area contributed by atoms with Crippen LogP contribution in [0.1, 0.15) is 25.0 Å². The SMILES string of the molecule is CCc1cccc2c(-c3cccc4cccc(-c5c6ccccc6nc6c(CC)cccc56)c34)c3ccccc3nc12. The van der Waals surface area contributed by atoms with E-state index in [4.69, 9.17) is 9.97 Å². The molecule has 0 saturated heterocycles. The van der Waals surface area contributed by atoms with Gasteiger partial charge in [0.1, 0.15) is 0 Å². The zero-order valence-electron chi connectivity index (χ0n) is 23.9. The first-order valence-corrected chi connectivity index (χ1v) is 14.9. The molecular weight excluding hydrogens is 508 g/mol. The van der Waals surface area contributed by atoms with Crippen molar-refractivity contribution < 1.29 is 0 Å². The van der Waals surface area contributed by atoms with Gasteiger partial charge in [-0.2, -0.15) is 0 Å². The molecule has 2 heteroatoms. The predicted molar refractivity (Wildman–Crippen MR) is 179 cm³/mol. The Morgan fingerprint density at radius 1 is 0.429 bits per heavy atom. The van der Waals surface area contributed by atoms with Crippen LogP contribution in [0.2, 0.25) is 0 Å². The van der Waals surface area contributed by atoms with Crippen molar-refractivity contribution in [3.8, 4) is 22.3 Å². The lowest BCUT2D eigenvalue weighted by molar-refractivity contribution is 1.15. The van der Waals surface area contributed by atoms with Gasteiger partial charge in [0.05, 0.1) is 22.1 Å². The molecule has 0 radical (unpaired) electrons. The topological polar surface area (TPSA) is 25.8 Å². The van der Waals surface area contributed by atoms with Crippen molar-refractivity contribution in [2.24, 2.45) is 0 Å². The van der Waals surface area contributed by atoms with Crippen LogP contribution in [0.4, 0.5) is 0 Å². The van der Waals surface area contributed by atoms with E-state index in [0.717, 1.165) is 34.9 Å². The Balaban J connectivity index is 1.58. The van der Waals surface area contributed by atoms with Gasteiger partial charge < -0.3 is 0 Å². The summed E-state index contributed by atoms with van der Waals surface area (Å²) in [4.78, 5) is 10.4. The van der Waals surface area contributed by atoms with E-state index in [9.17, 15) is 0 Å². The lowest BCUT2D eigenvalue weighted by Crippen LogP contribution is -1.96. The van der Waals surface area contributed by atoms with Crippen molar-refractivity contribution >= 4 is 54.4 Å². The Hall–Kier alpha value is -5.08. The summed E-state index contributed by atoms with van der Waals surface area (Å²) in [6.45, 7) is 4.43. The minimum absolute atomic E-state index is 0.942. The van der Waals surface area contributed by atoms with Crippen molar-refractivity contribution in [2.75, 3.05) is 0 Å². The fourth-order valence-electron chi connectivity index (χ4n) is 6.85. The monoisotopic (exact) mass is 538 g/mol. The summed E-state index contributed by atoms with van der Waals surface area (Å²) in [7, 11) is 0. The van der Waals surface area contributed by atoms with Crippen molar-refractivity contribution in [3.63, 3.8) is 0 Å². The zero-order chi connectivity index (χ0) is 28.2. The number of hydrogen-bond acceptors (Lipinski definition) is 2. The number of para-hydroxylation sites is 4. The van der Waals surface area contributed by atoms with E-state index in [0.29, 0.717) is 0 Å². The number of pyridine rings is 2. The molecule has 0 unspecified atom stereocenters. The lowest BCUT2D eigenvalue weighted by Gasteiger charge is -2.19. The standard InChI is InChI=1S/C40H30N2/c1-3-25-13-9-21-32-37(28-17-5-7-23-34(28)41-39(25)32)30-19-11-15-27-16-12-20-31(36(27)30)38-29-18-6-8-24-35(29)42-40-26(4-2)14-10-22-33(38)40/h5-24H,3-4H2,1-2H3. The summed E-state index contributed by atoms with van der Waals surface area (Å²) in [5, 5.41) is 7.25. The van der Waals surface area contributed by atoms with Gasteiger partial charge in [-0.05, 0) is 58.0 Å². The van der Waals surface area contributed by atoms with Gasteiger partial charge in [0, 0.05) is 32.7 Å². The molecule has 2 nitrogen and oxygen atoms in total. The molecule has 0 aliphatic carbocycles. The molecule has 2 heterocycles. The lowest BCUT2D eigenvalue weighted by atomic mass is 9.86. The predicted octanol–water partition coefficient (Wildman–Crippen LogP) is 10.7. The average molecular weight is 539 g/mol. The highest BCUT2D eigenvalue weighted by Crippen LogP contribution is 2.45.